The predicted molar refractivity (Wildman–Crippen MR) is 99.5 cm³/mol. The van der Waals surface area contributed by atoms with Gasteiger partial charge in [0.15, 0.2) is 11.5 Å². The van der Waals surface area contributed by atoms with Crippen molar-refractivity contribution in [1.29, 1.82) is 0 Å². The topological polar surface area (TPSA) is 42.4 Å². The van der Waals surface area contributed by atoms with E-state index < -0.39 is 0 Å². The van der Waals surface area contributed by atoms with Crippen molar-refractivity contribution in [2.24, 2.45) is 0 Å². The normalized spacial score (nSPS) is 10.7. The van der Waals surface area contributed by atoms with Gasteiger partial charge in [-0.3, -0.25) is 0 Å². The number of aromatic nitrogens is 1. The first-order valence-electron chi connectivity index (χ1n) is 6.86. The molecule has 3 rings (SSSR count). The van der Waals surface area contributed by atoms with Crippen LogP contribution in [-0.2, 0) is 5.75 Å². The van der Waals surface area contributed by atoms with Crippen molar-refractivity contribution < 1.29 is 9.84 Å². The first-order valence-corrected chi connectivity index (χ1v) is 9.52. The largest absolute Gasteiger partial charge is 0.504 e. The van der Waals surface area contributed by atoms with Crippen LogP contribution in [0.5, 0.6) is 11.5 Å². The minimum absolute atomic E-state index is 0.137. The standard InChI is InChI=1S/C17H14BrNO2S2/c1-21-15-8-11(6-7-14(15)20)17-19-12(10-23-17)9-22-16-5-3-2-4-13(16)18/h2-8,10,20H,9H2,1H3. The maximum absolute atomic E-state index is 9.67. The number of rotatable bonds is 5. The highest BCUT2D eigenvalue weighted by molar-refractivity contribution is 9.10. The van der Waals surface area contributed by atoms with Crippen LogP contribution in [0.4, 0.5) is 0 Å². The van der Waals surface area contributed by atoms with Gasteiger partial charge in [0.05, 0.1) is 12.8 Å². The molecule has 6 heteroatoms. The number of ether oxygens (including phenoxy) is 1. The van der Waals surface area contributed by atoms with E-state index in [1.54, 1.807) is 42.3 Å². The lowest BCUT2D eigenvalue weighted by Crippen LogP contribution is -1.86. The van der Waals surface area contributed by atoms with Gasteiger partial charge >= 0.3 is 0 Å². The molecule has 118 valence electrons. The number of aromatic hydroxyl groups is 1. The lowest BCUT2D eigenvalue weighted by molar-refractivity contribution is 0.373. The molecular formula is C17H14BrNO2S2. The van der Waals surface area contributed by atoms with E-state index in [1.165, 1.54) is 4.90 Å². The summed E-state index contributed by atoms with van der Waals surface area (Å²) in [5.41, 5.74) is 1.99. The molecular weight excluding hydrogens is 394 g/mol. The second-order valence-corrected chi connectivity index (χ2v) is 7.48. The summed E-state index contributed by atoms with van der Waals surface area (Å²) in [6.07, 6.45) is 0. The van der Waals surface area contributed by atoms with Crippen LogP contribution in [0.3, 0.4) is 0 Å². The molecule has 1 aromatic heterocycles. The van der Waals surface area contributed by atoms with Crippen LogP contribution in [0.15, 0.2) is 57.2 Å². The summed E-state index contributed by atoms with van der Waals surface area (Å²) < 4.78 is 6.25. The highest BCUT2D eigenvalue weighted by Crippen LogP contribution is 2.34. The molecule has 0 aliphatic rings. The zero-order chi connectivity index (χ0) is 16.2. The fraction of sp³-hybridized carbons (Fsp3) is 0.118. The number of hydrogen-bond acceptors (Lipinski definition) is 5. The first-order chi connectivity index (χ1) is 11.2. The first kappa shape index (κ1) is 16.4. The van der Waals surface area contributed by atoms with E-state index in [0.29, 0.717) is 5.75 Å². The summed E-state index contributed by atoms with van der Waals surface area (Å²) in [6, 6.07) is 13.4. The zero-order valence-electron chi connectivity index (χ0n) is 12.3. The molecule has 0 saturated heterocycles. The van der Waals surface area contributed by atoms with E-state index in [9.17, 15) is 5.11 Å². The summed E-state index contributed by atoms with van der Waals surface area (Å²) in [7, 11) is 1.54. The van der Waals surface area contributed by atoms with Gasteiger partial charge in [-0.15, -0.1) is 23.1 Å². The SMILES string of the molecule is COc1cc(-c2nc(CSc3ccccc3Br)cs2)ccc1O. The van der Waals surface area contributed by atoms with Crippen LogP contribution in [0.2, 0.25) is 0 Å². The number of halogens is 1. The summed E-state index contributed by atoms with van der Waals surface area (Å²) in [5, 5.41) is 12.7. The predicted octanol–water partition coefficient (Wildman–Crippen LogP) is 5.58. The minimum atomic E-state index is 0.137. The van der Waals surface area contributed by atoms with Gasteiger partial charge in [-0.05, 0) is 46.3 Å². The molecule has 0 atom stereocenters. The fourth-order valence-electron chi connectivity index (χ4n) is 2.03. The number of thioether (sulfide) groups is 1. The van der Waals surface area contributed by atoms with Gasteiger partial charge in [-0.1, -0.05) is 12.1 Å². The average Bonchev–Trinajstić information content (AvgIpc) is 3.03. The molecule has 0 saturated carbocycles. The Kier molecular flexibility index (Phi) is 5.25. The van der Waals surface area contributed by atoms with Crippen LogP contribution in [0, 0.1) is 0 Å². The zero-order valence-corrected chi connectivity index (χ0v) is 15.5. The number of phenols is 1. The Bertz CT molecular complexity index is 820. The Labute approximate surface area is 151 Å². The van der Waals surface area contributed by atoms with E-state index in [-0.39, 0.29) is 5.75 Å². The number of thiazole rings is 1. The summed E-state index contributed by atoms with van der Waals surface area (Å²) in [4.78, 5) is 5.88. The average molecular weight is 408 g/mol. The van der Waals surface area contributed by atoms with Crippen LogP contribution in [-0.4, -0.2) is 17.2 Å². The molecule has 1 heterocycles. The highest BCUT2D eigenvalue weighted by Gasteiger charge is 2.09. The van der Waals surface area contributed by atoms with Crippen molar-refractivity contribution >= 4 is 39.0 Å². The van der Waals surface area contributed by atoms with Gasteiger partial charge < -0.3 is 9.84 Å². The molecule has 0 bridgehead atoms. The van der Waals surface area contributed by atoms with Gasteiger partial charge in [0.1, 0.15) is 5.01 Å². The van der Waals surface area contributed by atoms with E-state index >= 15 is 0 Å². The molecule has 0 radical (unpaired) electrons. The molecule has 0 unspecified atom stereocenters. The molecule has 3 aromatic rings. The van der Waals surface area contributed by atoms with E-state index in [4.69, 9.17) is 4.74 Å². The smallest absolute Gasteiger partial charge is 0.161 e. The van der Waals surface area contributed by atoms with Crippen molar-refractivity contribution in [3.8, 4) is 22.1 Å². The van der Waals surface area contributed by atoms with Gasteiger partial charge in [-0.25, -0.2) is 4.98 Å². The minimum Gasteiger partial charge on any atom is -0.504 e. The summed E-state index contributed by atoms with van der Waals surface area (Å²) in [5.74, 6) is 1.41. The van der Waals surface area contributed by atoms with Crippen molar-refractivity contribution in [3.05, 3.63) is 58.0 Å². The quantitative estimate of drug-likeness (QED) is 0.560. The lowest BCUT2D eigenvalue weighted by Gasteiger charge is -2.04. The van der Waals surface area contributed by atoms with Crippen LogP contribution >= 0.6 is 39.0 Å². The molecule has 2 aromatic carbocycles. The van der Waals surface area contributed by atoms with Crippen LogP contribution < -0.4 is 4.74 Å². The number of hydrogen-bond donors (Lipinski definition) is 1. The molecule has 0 amide bonds. The maximum Gasteiger partial charge on any atom is 0.161 e. The maximum atomic E-state index is 9.67. The Balaban J connectivity index is 1.74. The summed E-state index contributed by atoms with van der Waals surface area (Å²) in [6.45, 7) is 0. The van der Waals surface area contributed by atoms with Gasteiger partial charge in [0.2, 0.25) is 0 Å². The molecule has 0 aliphatic heterocycles. The molecule has 0 spiro atoms. The van der Waals surface area contributed by atoms with E-state index in [1.807, 2.05) is 24.3 Å². The van der Waals surface area contributed by atoms with Gasteiger partial charge in [-0.2, -0.15) is 0 Å². The van der Waals surface area contributed by atoms with Crippen LogP contribution in [0.1, 0.15) is 5.69 Å². The van der Waals surface area contributed by atoms with Crippen LogP contribution in [0.25, 0.3) is 10.6 Å². The van der Waals surface area contributed by atoms with Crippen molar-refractivity contribution in [2.75, 3.05) is 7.11 Å². The molecule has 0 fully saturated rings. The number of benzene rings is 2. The number of phenolic OH excluding ortho intramolecular Hbond substituents is 1. The third-order valence-corrected chi connectivity index (χ3v) is 6.19. The monoisotopic (exact) mass is 407 g/mol. The Morgan fingerprint density at radius 2 is 2.09 bits per heavy atom. The number of nitrogens with zero attached hydrogens (tertiary/aromatic N) is 1. The Morgan fingerprint density at radius 1 is 1.26 bits per heavy atom. The number of methoxy groups -OCH3 is 1. The van der Waals surface area contributed by atoms with Crippen molar-refractivity contribution in [2.45, 2.75) is 10.6 Å². The molecule has 3 nitrogen and oxygen atoms in total. The Morgan fingerprint density at radius 3 is 2.87 bits per heavy atom. The Hall–Kier alpha value is -1.50. The third kappa shape index (κ3) is 3.88. The van der Waals surface area contributed by atoms with E-state index in [2.05, 4.69) is 32.4 Å². The van der Waals surface area contributed by atoms with Gasteiger partial charge in [0.25, 0.3) is 0 Å². The van der Waals surface area contributed by atoms with Gasteiger partial charge in [0, 0.05) is 26.1 Å². The van der Waals surface area contributed by atoms with E-state index in [0.717, 1.165) is 26.5 Å². The molecule has 0 aliphatic carbocycles. The molecule has 23 heavy (non-hydrogen) atoms. The lowest BCUT2D eigenvalue weighted by atomic mass is 10.2. The molecule has 1 N–H and O–H groups in total. The third-order valence-electron chi connectivity index (χ3n) is 3.19. The summed E-state index contributed by atoms with van der Waals surface area (Å²) >= 11 is 6.90. The van der Waals surface area contributed by atoms with Crippen molar-refractivity contribution in [3.63, 3.8) is 0 Å². The fourth-order valence-corrected chi connectivity index (χ4v) is 4.41. The van der Waals surface area contributed by atoms with Crippen molar-refractivity contribution in [1.82, 2.24) is 4.98 Å². The second kappa shape index (κ2) is 7.38. The second-order valence-electron chi connectivity index (χ2n) is 4.75. The highest BCUT2D eigenvalue weighted by atomic mass is 79.9.